The fourth-order valence-corrected chi connectivity index (χ4v) is 2.48. The third-order valence-corrected chi connectivity index (χ3v) is 3.61. The van der Waals surface area contributed by atoms with Crippen LogP contribution in [0.1, 0.15) is 6.42 Å². The van der Waals surface area contributed by atoms with Gasteiger partial charge in [-0.05, 0) is 17.9 Å². The van der Waals surface area contributed by atoms with Gasteiger partial charge >= 0.3 is 6.09 Å². The lowest BCUT2D eigenvalue weighted by molar-refractivity contribution is 0.162. The van der Waals surface area contributed by atoms with Gasteiger partial charge in [0.1, 0.15) is 0 Å². The number of ether oxygens (including phenoxy) is 1. The maximum Gasteiger partial charge on any atom is 0.415 e. The number of hydrogen-bond acceptors (Lipinski definition) is 4. The molecule has 0 aromatic heterocycles. The van der Waals surface area contributed by atoms with Crippen molar-refractivity contribution in [1.29, 1.82) is 0 Å². The molecule has 1 heterocycles. The zero-order chi connectivity index (χ0) is 14.1. The molecule has 0 bridgehead atoms. The molecule has 2 aromatic rings. The molecule has 1 aliphatic heterocycles. The molecule has 4 N–H and O–H groups in total. The second-order valence-electron chi connectivity index (χ2n) is 5.06. The number of hydrogen-bond donors (Lipinski definition) is 2. The summed E-state index contributed by atoms with van der Waals surface area (Å²) in [6, 6.07) is 11.4. The molecule has 1 amide bonds. The number of nitrogens with two attached hydrogens (primary N) is 2. The highest BCUT2D eigenvalue weighted by atomic mass is 16.6. The van der Waals surface area contributed by atoms with Crippen molar-refractivity contribution < 1.29 is 9.53 Å². The Morgan fingerprint density at radius 2 is 2.05 bits per heavy atom. The van der Waals surface area contributed by atoms with Gasteiger partial charge in [0.25, 0.3) is 0 Å². The van der Waals surface area contributed by atoms with Crippen molar-refractivity contribution >= 4 is 22.6 Å². The molecule has 1 saturated heterocycles. The smallest absolute Gasteiger partial charge is 0.408 e. The third kappa shape index (κ3) is 2.28. The van der Waals surface area contributed by atoms with E-state index in [0.29, 0.717) is 24.5 Å². The lowest BCUT2D eigenvalue weighted by Gasteiger charge is -2.16. The first-order valence-corrected chi connectivity index (χ1v) is 6.64. The molecule has 2 aromatic carbocycles. The van der Waals surface area contributed by atoms with Gasteiger partial charge in [0.2, 0.25) is 0 Å². The van der Waals surface area contributed by atoms with Crippen molar-refractivity contribution in [2.75, 3.05) is 18.8 Å². The predicted octanol–water partition coefficient (Wildman–Crippen LogP) is 1.95. The zero-order valence-corrected chi connectivity index (χ0v) is 11.1. The maximum absolute atomic E-state index is 12.0. The molecule has 5 heteroatoms. The van der Waals surface area contributed by atoms with Crippen molar-refractivity contribution in [2.45, 2.75) is 12.5 Å². The first-order valence-electron chi connectivity index (χ1n) is 6.64. The van der Waals surface area contributed by atoms with Gasteiger partial charge in [0.05, 0.1) is 5.69 Å². The number of nitrogens with zero attached hydrogens (tertiary/aromatic N) is 1. The van der Waals surface area contributed by atoms with Gasteiger partial charge in [0, 0.05) is 24.5 Å². The number of rotatable bonds is 1. The van der Waals surface area contributed by atoms with E-state index in [4.69, 9.17) is 16.2 Å². The molecule has 5 nitrogen and oxygen atoms in total. The van der Waals surface area contributed by atoms with Gasteiger partial charge < -0.3 is 21.1 Å². The summed E-state index contributed by atoms with van der Waals surface area (Å²) < 4.78 is 5.39. The van der Waals surface area contributed by atoms with E-state index in [1.165, 1.54) is 0 Å². The number of carbonyl (C=O) groups excluding carboxylic acids is 1. The fraction of sp³-hybridized carbons (Fsp3) is 0.267. The Hall–Kier alpha value is -2.27. The van der Waals surface area contributed by atoms with Crippen LogP contribution in [0.15, 0.2) is 36.4 Å². The van der Waals surface area contributed by atoms with Crippen molar-refractivity contribution in [1.82, 2.24) is 4.90 Å². The molecule has 0 spiro atoms. The summed E-state index contributed by atoms with van der Waals surface area (Å²) in [6.07, 6.45) is 0.419. The molecular formula is C15H17N3O2. The number of fused-ring (bicyclic) bond motifs is 1. The van der Waals surface area contributed by atoms with Crippen LogP contribution in [0.2, 0.25) is 0 Å². The molecule has 0 unspecified atom stereocenters. The summed E-state index contributed by atoms with van der Waals surface area (Å²) in [4.78, 5) is 13.7. The van der Waals surface area contributed by atoms with Crippen LogP contribution in [0.25, 0.3) is 10.8 Å². The van der Waals surface area contributed by atoms with Crippen LogP contribution < -0.4 is 16.2 Å². The summed E-state index contributed by atoms with van der Waals surface area (Å²) in [6.45, 7) is 1.17. The Labute approximate surface area is 117 Å². The van der Waals surface area contributed by atoms with Crippen LogP contribution in [0, 0.1) is 0 Å². The van der Waals surface area contributed by atoms with E-state index in [0.717, 1.165) is 17.2 Å². The number of anilines is 1. The Kier molecular flexibility index (Phi) is 3.20. The lowest BCUT2D eigenvalue weighted by Crippen LogP contribution is -2.34. The highest BCUT2D eigenvalue weighted by Gasteiger charge is 2.25. The minimum absolute atomic E-state index is 0.0384. The summed E-state index contributed by atoms with van der Waals surface area (Å²) in [5.74, 6) is 0.397. The topological polar surface area (TPSA) is 81.6 Å². The number of carbonyl (C=O) groups is 1. The third-order valence-electron chi connectivity index (χ3n) is 3.61. The van der Waals surface area contributed by atoms with Gasteiger partial charge in [-0.1, -0.05) is 30.3 Å². The van der Waals surface area contributed by atoms with Gasteiger partial charge in [-0.3, -0.25) is 0 Å². The molecule has 1 atom stereocenters. The fourth-order valence-electron chi connectivity index (χ4n) is 2.48. The SMILES string of the molecule is Nc1c(OC(=O)N2CC[C@@H](N)C2)ccc2ccccc12. The number of benzene rings is 2. The Morgan fingerprint density at radius 1 is 1.25 bits per heavy atom. The summed E-state index contributed by atoms with van der Waals surface area (Å²) in [7, 11) is 0. The van der Waals surface area contributed by atoms with Crippen LogP contribution in [0.5, 0.6) is 5.75 Å². The first kappa shape index (κ1) is 12.7. The number of likely N-dealkylation sites (tertiary alicyclic amines) is 1. The molecular weight excluding hydrogens is 254 g/mol. The van der Waals surface area contributed by atoms with E-state index in [1.807, 2.05) is 30.3 Å². The maximum atomic E-state index is 12.0. The lowest BCUT2D eigenvalue weighted by atomic mass is 10.1. The number of amides is 1. The minimum atomic E-state index is -0.389. The molecule has 1 aliphatic rings. The van der Waals surface area contributed by atoms with Gasteiger partial charge in [-0.2, -0.15) is 0 Å². The van der Waals surface area contributed by atoms with Gasteiger partial charge in [-0.15, -0.1) is 0 Å². The van der Waals surface area contributed by atoms with Crippen LogP contribution in [-0.2, 0) is 0 Å². The van der Waals surface area contributed by atoms with Crippen molar-refractivity contribution in [3.05, 3.63) is 36.4 Å². The Balaban J connectivity index is 1.84. The Bertz CT molecular complexity index is 657. The van der Waals surface area contributed by atoms with Crippen molar-refractivity contribution in [3.8, 4) is 5.75 Å². The minimum Gasteiger partial charge on any atom is -0.408 e. The first-order chi connectivity index (χ1) is 9.65. The van der Waals surface area contributed by atoms with Crippen LogP contribution in [0.4, 0.5) is 10.5 Å². The zero-order valence-electron chi connectivity index (χ0n) is 11.1. The molecule has 0 aliphatic carbocycles. The van der Waals surface area contributed by atoms with E-state index >= 15 is 0 Å². The molecule has 104 valence electrons. The highest BCUT2D eigenvalue weighted by Crippen LogP contribution is 2.30. The standard InChI is InChI=1S/C15H17N3O2/c16-11-7-8-18(9-11)15(19)20-13-6-5-10-3-1-2-4-12(10)14(13)17/h1-6,11H,7-9,16-17H2/t11-/m1/s1. The van der Waals surface area contributed by atoms with Gasteiger partial charge in [-0.25, -0.2) is 4.79 Å². The van der Waals surface area contributed by atoms with E-state index in [2.05, 4.69) is 0 Å². The van der Waals surface area contributed by atoms with Gasteiger partial charge in [0.15, 0.2) is 5.75 Å². The van der Waals surface area contributed by atoms with Crippen molar-refractivity contribution in [2.24, 2.45) is 5.73 Å². The van der Waals surface area contributed by atoms with E-state index in [1.54, 1.807) is 11.0 Å². The van der Waals surface area contributed by atoms with E-state index in [9.17, 15) is 4.79 Å². The van der Waals surface area contributed by atoms with E-state index in [-0.39, 0.29) is 12.1 Å². The van der Waals surface area contributed by atoms with Crippen LogP contribution in [0.3, 0.4) is 0 Å². The second kappa shape index (κ2) is 5.02. The number of nitrogen functional groups attached to an aromatic ring is 1. The van der Waals surface area contributed by atoms with Crippen molar-refractivity contribution in [3.63, 3.8) is 0 Å². The van der Waals surface area contributed by atoms with Crippen LogP contribution in [-0.4, -0.2) is 30.1 Å². The summed E-state index contributed by atoms with van der Waals surface area (Å²) >= 11 is 0. The predicted molar refractivity (Wildman–Crippen MR) is 78.5 cm³/mol. The summed E-state index contributed by atoms with van der Waals surface area (Å²) in [5, 5.41) is 1.91. The average Bonchev–Trinajstić information content (AvgIpc) is 2.89. The largest absolute Gasteiger partial charge is 0.415 e. The molecule has 0 radical (unpaired) electrons. The monoisotopic (exact) mass is 271 g/mol. The average molecular weight is 271 g/mol. The molecule has 0 saturated carbocycles. The summed E-state index contributed by atoms with van der Waals surface area (Å²) in [5.41, 5.74) is 12.3. The normalized spacial score (nSPS) is 18.4. The highest BCUT2D eigenvalue weighted by molar-refractivity contribution is 5.96. The molecule has 1 fully saturated rings. The van der Waals surface area contributed by atoms with E-state index < -0.39 is 0 Å². The quantitative estimate of drug-likeness (QED) is 0.777. The van der Waals surface area contributed by atoms with Crippen LogP contribution >= 0.6 is 0 Å². The molecule has 20 heavy (non-hydrogen) atoms. The molecule has 3 rings (SSSR count). The second-order valence-corrected chi connectivity index (χ2v) is 5.06. The Morgan fingerprint density at radius 3 is 2.80 bits per heavy atom.